The Labute approximate surface area is 199 Å². The standard InChI is InChI=1S/C30H22O4/c1-21(2)29(31)33-27-18-16-25(17-19-27)13-12-23-8-10-24(11-9-23)14-15-26-6-5-7-28(20-26)34-30(32)22(3)4/h5-11,16-20H,1,3H2,2,4H3. The summed E-state index contributed by atoms with van der Waals surface area (Å²) in [6.07, 6.45) is 0. The maximum Gasteiger partial charge on any atom is 0.338 e. The van der Waals surface area contributed by atoms with E-state index in [-0.39, 0.29) is 0 Å². The molecule has 0 radical (unpaired) electrons. The summed E-state index contributed by atoms with van der Waals surface area (Å²) < 4.78 is 10.4. The van der Waals surface area contributed by atoms with Gasteiger partial charge in [-0.25, -0.2) is 9.59 Å². The van der Waals surface area contributed by atoms with Crippen LogP contribution in [0.1, 0.15) is 36.1 Å². The van der Waals surface area contributed by atoms with Gasteiger partial charge in [-0.05, 0) is 80.6 Å². The lowest BCUT2D eigenvalue weighted by Gasteiger charge is -2.03. The summed E-state index contributed by atoms with van der Waals surface area (Å²) >= 11 is 0. The number of carbonyl (C=O) groups excluding carboxylic acids is 2. The zero-order valence-corrected chi connectivity index (χ0v) is 19.0. The van der Waals surface area contributed by atoms with E-state index in [0.29, 0.717) is 22.6 Å². The number of carbonyl (C=O) groups is 2. The monoisotopic (exact) mass is 446 g/mol. The Kier molecular flexibility index (Phi) is 7.84. The Hall–Kier alpha value is -4.80. The van der Waals surface area contributed by atoms with Gasteiger partial charge >= 0.3 is 11.9 Å². The summed E-state index contributed by atoms with van der Waals surface area (Å²) in [5.74, 6) is 12.3. The van der Waals surface area contributed by atoms with Gasteiger partial charge in [0.05, 0.1) is 0 Å². The molecule has 0 aliphatic rings. The van der Waals surface area contributed by atoms with Gasteiger partial charge in [0.2, 0.25) is 0 Å². The molecule has 4 heteroatoms. The smallest absolute Gasteiger partial charge is 0.338 e. The van der Waals surface area contributed by atoms with Crippen LogP contribution in [0.3, 0.4) is 0 Å². The minimum atomic E-state index is -0.469. The molecule has 3 aromatic carbocycles. The Balaban J connectivity index is 1.64. The molecular formula is C30H22O4. The van der Waals surface area contributed by atoms with Gasteiger partial charge in [-0.2, -0.15) is 0 Å². The van der Waals surface area contributed by atoms with Crippen molar-refractivity contribution in [3.63, 3.8) is 0 Å². The second kappa shape index (κ2) is 11.2. The lowest BCUT2D eigenvalue weighted by Crippen LogP contribution is -2.08. The van der Waals surface area contributed by atoms with Crippen LogP contribution in [-0.4, -0.2) is 11.9 Å². The van der Waals surface area contributed by atoms with E-state index in [1.807, 2.05) is 30.3 Å². The van der Waals surface area contributed by atoms with Crippen LogP contribution in [0.2, 0.25) is 0 Å². The van der Waals surface area contributed by atoms with Crippen molar-refractivity contribution in [2.45, 2.75) is 13.8 Å². The van der Waals surface area contributed by atoms with Crippen LogP contribution in [0.5, 0.6) is 11.5 Å². The number of hydrogen-bond donors (Lipinski definition) is 0. The van der Waals surface area contributed by atoms with Crippen LogP contribution in [0.15, 0.2) is 97.1 Å². The molecule has 4 nitrogen and oxygen atoms in total. The fourth-order valence-electron chi connectivity index (χ4n) is 2.56. The van der Waals surface area contributed by atoms with E-state index in [1.165, 1.54) is 0 Å². The topological polar surface area (TPSA) is 52.6 Å². The van der Waals surface area contributed by atoms with Gasteiger partial charge in [-0.1, -0.05) is 42.9 Å². The van der Waals surface area contributed by atoms with Crippen molar-refractivity contribution in [1.29, 1.82) is 0 Å². The first kappa shape index (κ1) is 23.9. The highest BCUT2D eigenvalue weighted by Gasteiger charge is 2.05. The molecule has 3 rings (SSSR count). The number of esters is 2. The molecule has 3 aromatic rings. The van der Waals surface area contributed by atoms with E-state index >= 15 is 0 Å². The van der Waals surface area contributed by atoms with Crippen molar-refractivity contribution >= 4 is 11.9 Å². The second-order valence-electron chi connectivity index (χ2n) is 7.47. The van der Waals surface area contributed by atoms with Crippen LogP contribution in [-0.2, 0) is 9.59 Å². The van der Waals surface area contributed by atoms with Crippen LogP contribution >= 0.6 is 0 Å². The summed E-state index contributed by atoms with van der Waals surface area (Å²) in [6, 6.07) is 21.6. The molecule has 0 fully saturated rings. The first-order valence-corrected chi connectivity index (χ1v) is 10.4. The third kappa shape index (κ3) is 7.12. The maximum atomic E-state index is 11.7. The molecule has 0 saturated heterocycles. The highest BCUT2D eigenvalue weighted by molar-refractivity contribution is 5.89. The highest BCUT2D eigenvalue weighted by atomic mass is 16.5. The summed E-state index contributed by atoms with van der Waals surface area (Å²) in [4.78, 5) is 23.2. The van der Waals surface area contributed by atoms with E-state index in [9.17, 15) is 9.59 Å². The SMILES string of the molecule is C=C(C)C(=O)Oc1ccc(C#Cc2ccc(C#Cc3cccc(OC(=O)C(=C)C)c3)cc2)cc1. The minimum Gasteiger partial charge on any atom is -0.423 e. The van der Waals surface area contributed by atoms with Gasteiger partial charge in [0, 0.05) is 33.4 Å². The zero-order valence-electron chi connectivity index (χ0n) is 19.0. The number of benzene rings is 3. The van der Waals surface area contributed by atoms with Gasteiger partial charge in [0.25, 0.3) is 0 Å². The summed E-state index contributed by atoms with van der Waals surface area (Å²) in [6.45, 7) is 10.3. The molecule has 0 amide bonds. The van der Waals surface area contributed by atoms with Gasteiger partial charge < -0.3 is 9.47 Å². The van der Waals surface area contributed by atoms with Gasteiger partial charge in [0.1, 0.15) is 11.5 Å². The number of hydrogen-bond acceptors (Lipinski definition) is 4. The Morgan fingerprint density at radius 3 is 1.47 bits per heavy atom. The first-order valence-electron chi connectivity index (χ1n) is 10.4. The van der Waals surface area contributed by atoms with E-state index in [2.05, 4.69) is 36.8 Å². The molecule has 166 valence electrons. The predicted octanol–water partition coefficient (Wildman–Crippen LogP) is 5.45. The predicted molar refractivity (Wildman–Crippen MR) is 132 cm³/mol. The highest BCUT2D eigenvalue weighted by Crippen LogP contribution is 2.15. The Morgan fingerprint density at radius 2 is 1.00 bits per heavy atom. The van der Waals surface area contributed by atoms with Crippen molar-refractivity contribution < 1.29 is 19.1 Å². The fraction of sp³-hybridized carbons (Fsp3) is 0.0667. The lowest BCUT2D eigenvalue weighted by molar-refractivity contribution is -0.130. The molecule has 0 unspecified atom stereocenters. The molecular weight excluding hydrogens is 424 g/mol. The lowest BCUT2D eigenvalue weighted by atomic mass is 10.1. The van der Waals surface area contributed by atoms with Crippen LogP contribution < -0.4 is 9.47 Å². The van der Waals surface area contributed by atoms with Crippen molar-refractivity contribution in [1.82, 2.24) is 0 Å². The molecule has 0 saturated carbocycles. The molecule has 34 heavy (non-hydrogen) atoms. The summed E-state index contributed by atoms with van der Waals surface area (Å²) in [7, 11) is 0. The van der Waals surface area contributed by atoms with Crippen molar-refractivity contribution in [3.05, 3.63) is 119 Å². The molecule has 0 aromatic heterocycles. The molecule has 0 aliphatic heterocycles. The quantitative estimate of drug-likeness (QED) is 0.232. The van der Waals surface area contributed by atoms with Crippen LogP contribution in [0.25, 0.3) is 0 Å². The third-order valence-corrected chi connectivity index (χ3v) is 4.39. The minimum absolute atomic E-state index is 0.334. The van der Waals surface area contributed by atoms with Gasteiger partial charge in [-0.15, -0.1) is 0 Å². The van der Waals surface area contributed by atoms with Gasteiger partial charge in [0.15, 0.2) is 0 Å². The third-order valence-electron chi connectivity index (χ3n) is 4.39. The molecule has 0 bridgehead atoms. The number of ether oxygens (including phenoxy) is 2. The molecule has 0 N–H and O–H groups in total. The van der Waals surface area contributed by atoms with Gasteiger partial charge in [-0.3, -0.25) is 0 Å². The van der Waals surface area contributed by atoms with Crippen LogP contribution in [0.4, 0.5) is 0 Å². The largest absolute Gasteiger partial charge is 0.423 e. The second-order valence-corrected chi connectivity index (χ2v) is 7.47. The maximum absolute atomic E-state index is 11.7. The Bertz CT molecular complexity index is 1370. The zero-order chi connectivity index (χ0) is 24.5. The van der Waals surface area contributed by atoms with E-state index < -0.39 is 11.9 Å². The summed E-state index contributed by atoms with van der Waals surface area (Å²) in [5, 5.41) is 0. The van der Waals surface area contributed by atoms with Crippen LogP contribution in [0, 0.1) is 23.7 Å². The van der Waals surface area contributed by atoms with Crippen molar-refractivity contribution in [2.24, 2.45) is 0 Å². The molecule has 0 atom stereocenters. The molecule has 0 aliphatic carbocycles. The molecule has 0 spiro atoms. The van der Waals surface area contributed by atoms with E-state index in [4.69, 9.17) is 9.47 Å². The summed E-state index contributed by atoms with van der Waals surface area (Å²) in [5.41, 5.74) is 3.88. The average molecular weight is 447 g/mol. The van der Waals surface area contributed by atoms with E-state index in [0.717, 1.165) is 22.3 Å². The van der Waals surface area contributed by atoms with E-state index in [1.54, 1.807) is 56.3 Å². The number of rotatable bonds is 4. The first-order chi connectivity index (χ1) is 16.3. The average Bonchev–Trinajstić information content (AvgIpc) is 2.83. The molecule has 0 heterocycles. The Morgan fingerprint density at radius 1 is 0.588 bits per heavy atom. The fourth-order valence-corrected chi connectivity index (χ4v) is 2.56. The normalized spacial score (nSPS) is 9.47. The van der Waals surface area contributed by atoms with Crippen molar-refractivity contribution in [2.75, 3.05) is 0 Å². The van der Waals surface area contributed by atoms with Crippen molar-refractivity contribution in [3.8, 4) is 35.2 Å².